The Kier molecular flexibility index (Phi) is 3.68. The van der Waals surface area contributed by atoms with Gasteiger partial charge in [0.15, 0.2) is 0 Å². The monoisotopic (exact) mass is 404 g/mol. The van der Waals surface area contributed by atoms with Crippen molar-refractivity contribution >= 4 is 58.8 Å². The van der Waals surface area contributed by atoms with Gasteiger partial charge in [0.25, 0.3) is 0 Å². The Bertz CT molecular complexity index is 1080. The summed E-state index contributed by atoms with van der Waals surface area (Å²) in [6.07, 6.45) is 0. The molecule has 0 bridgehead atoms. The number of hydrogen-bond acceptors (Lipinski definition) is 2. The normalized spacial score (nSPS) is 10.9. The first-order valence-electron chi connectivity index (χ1n) is 6.68. The van der Waals surface area contributed by atoms with Crippen LogP contribution in [-0.2, 0) is 0 Å². The molecule has 23 heavy (non-hydrogen) atoms. The van der Waals surface area contributed by atoms with E-state index < -0.39 is 11.6 Å². The lowest BCUT2D eigenvalue weighted by Gasteiger charge is -2.03. The smallest absolute Gasteiger partial charge is 0.148 e. The van der Waals surface area contributed by atoms with E-state index in [1.54, 1.807) is 40.9 Å². The van der Waals surface area contributed by atoms with Crippen molar-refractivity contribution in [1.29, 1.82) is 0 Å². The molecule has 0 N–H and O–H groups in total. The van der Waals surface area contributed by atoms with Crippen molar-refractivity contribution < 1.29 is 8.78 Å². The maximum Gasteiger partial charge on any atom is 0.148 e. The molecule has 0 fully saturated rings. The number of thiophene rings is 2. The Morgan fingerprint density at radius 1 is 0.957 bits per heavy atom. The van der Waals surface area contributed by atoms with Crippen molar-refractivity contribution in [1.82, 2.24) is 0 Å². The summed E-state index contributed by atoms with van der Waals surface area (Å²) in [5.74, 6) is 4.99. The van der Waals surface area contributed by atoms with Gasteiger partial charge < -0.3 is 0 Å². The molecule has 0 unspecified atom stereocenters. The second-order valence-corrected chi connectivity index (χ2v) is 7.76. The number of halogens is 3. The highest BCUT2D eigenvalue weighted by Crippen LogP contribution is 2.30. The van der Waals surface area contributed by atoms with Crippen LogP contribution in [0.1, 0.15) is 10.4 Å². The zero-order valence-corrected chi connectivity index (χ0v) is 14.7. The number of rotatable bonds is 0. The predicted octanol–water partition coefficient (Wildman–Crippen LogP) is 6.56. The number of benzene rings is 2. The van der Waals surface area contributed by atoms with Gasteiger partial charge in [-0.1, -0.05) is 17.9 Å². The summed E-state index contributed by atoms with van der Waals surface area (Å²) in [6.45, 7) is 0. The maximum atomic E-state index is 14.0. The Morgan fingerprint density at radius 2 is 1.83 bits per heavy atom. The highest BCUT2D eigenvalue weighted by Gasteiger charge is 2.11. The fourth-order valence-corrected chi connectivity index (χ4v) is 4.63. The minimum atomic E-state index is -0.612. The lowest BCUT2D eigenvalue weighted by Crippen LogP contribution is -1.88. The van der Waals surface area contributed by atoms with Gasteiger partial charge in [0.1, 0.15) is 11.6 Å². The number of fused-ring (bicyclic) bond motifs is 2. The highest BCUT2D eigenvalue weighted by molar-refractivity contribution is 9.10. The molecular weight excluding hydrogens is 398 g/mol. The van der Waals surface area contributed by atoms with Gasteiger partial charge in [0.2, 0.25) is 0 Å². The average molecular weight is 405 g/mol. The highest BCUT2D eigenvalue weighted by atomic mass is 79.9. The lowest BCUT2D eigenvalue weighted by atomic mass is 10.1. The molecule has 4 aromatic rings. The van der Waals surface area contributed by atoms with Crippen LogP contribution in [0.5, 0.6) is 0 Å². The van der Waals surface area contributed by atoms with Crippen LogP contribution in [-0.4, -0.2) is 0 Å². The molecule has 0 atom stereocenters. The van der Waals surface area contributed by atoms with Crippen LogP contribution in [0.25, 0.3) is 20.2 Å². The first-order valence-corrected chi connectivity index (χ1v) is 9.17. The quantitative estimate of drug-likeness (QED) is 0.230. The molecule has 112 valence electrons. The van der Waals surface area contributed by atoms with Crippen molar-refractivity contribution in [3.8, 4) is 11.8 Å². The van der Waals surface area contributed by atoms with E-state index in [2.05, 4.69) is 45.3 Å². The molecule has 2 aromatic carbocycles. The van der Waals surface area contributed by atoms with Crippen molar-refractivity contribution in [2.24, 2.45) is 0 Å². The van der Waals surface area contributed by atoms with Crippen LogP contribution >= 0.6 is 38.6 Å². The van der Waals surface area contributed by atoms with E-state index in [1.165, 1.54) is 15.5 Å². The summed E-state index contributed by atoms with van der Waals surface area (Å²) in [5.41, 5.74) is 0.732. The van der Waals surface area contributed by atoms with Gasteiger partial charge >= 0.3 is 0 Å². The zero-order valence-electron chi connectivity index (χ0n) is 11.5. The Balaban J connectivity index is 1.76. The van der Waals surface area contributed by atoms with Gasteiger partial charge in [-0.05, 0) is 57.0 Å². The van der Waals surface area contributed by atoms with E-state index >= 15 is 0 Å². The summed E-state index contributed by atoms with van der Waals surface area (Å²) >= 11 is 6.25. The molecule has 0 amide bonds. The molecular formula is C18H7BrF2S2. The Labute approximate surface area is 147 Å². The van der Waals surface area contributed by atoms with Crippen molar-refractivity contribution in [3.63, 3.8) is 0 Å². The molecule has 5 heteroatoms. The standard InChI is InChI=1S/C18H7BrF2S2/c19-17-14(20)8-11-7-10(2-4-13(11)18(17)21)1-3-12-9-16-15(23-12)5-6-22-16/h2,4-9H. The zero-order chi connectivity index (χ0) is 16.0. The summed E-state index contributed by atoms with van der Waals surface area (Å²) in [4.78, 5) is 0.986. The minimum Gasteiger partial charge on any atom is -0.206 e. The van der Waals surface area contributed by atoms with Crippen LogP contribution < -0.4 is 0 Å². The second kappa shape index (κ2) is 5.72. The van der Waals surface area contributed by atoms with Gasteiger partial charge in [-0.2, -0.15) is 0 Å². The Morgan fingerprint density at radius 3 is 2.65 bits per heavy atom. The van der Waals surface area contributed by atoms with Gasteiger partial charge in [-0.25, -0.2) is 8.78 Å². The molecule has 4 rings (SSSR count). The average Bonchev–Trinajstić information content (AvgIpc) is 3.12. The molecule has 0 saturated carbocycles. The third kappa shape index (κ3) is 2.67. The van der Waals surface area contributed by atoms with Crippen LogP contribution in [0.15, 0.2) is 46.3 Å². The van der Waals surface area contributed by atoms with Crippen LogP contribution in [0, 0.1) is 23.5 Å². The third-order valence-electron chi connectivity index (χ3n) is 3.44. The topological polar surface area (TPSA) is 0 Å². The van der Waals surface area contributed by atoms with Crippen molar-refractivity contribution in [3.05, 3.63) is 68.3 Å². The third-order valence-corrected chi connectivity index (χ3v) is 6.18. The van der Waals surface area contributed by atoms with Gasteiger partial charge in [-0.15, -0.1) is 22.7 Å². The van der Waals surface area contributed by atoms with Crippen molar-refractivity contribution in [2.45, 2.75) is 0 Å². The van der Waals surface area contributed by atoms with E-state index in [4.69, 9.17) is 0 Å². The van der Waals surface area contributed by atoms with Gasteiger partial charge in [0.05, 0.1) is 9.35 Å². The van der Waals surface area contributed by atoms with E-state index in [9.17, 15) is 8.78 Å². The van der Waals surface area contributed by atoms with E-state index in [1.807, 2.05) is 0 Å². The van der Waals surface area contributed by atoms with Crippen LogP contribution in [0.3, 0.4) is 0 Å². The van der Waals surface area contributed by atoms with Gasteiger partial charge in [0, 0.05) is 20.3 Å². The minimum absolute atomic E-state index is 0.137. The maximum absolute atomic E-state index is 14.0. The molecule has 0 spiro atoms. The first-order chi connectivity index (χ1) is 11.1. The van der Waals surface area contributed by atoms with Crippen LogP contribution in [0.2, 0.25) is 0 Å². The lowest BCUT2D eigenvalue weighted by molar-refractivity contribution is 0.581. The summed E-state index contributed by atoms with van der Waals surface area (Å²) in [5, 5.41) is 2.94. The summed E-state index contributed by atoms with van der Waals surface area (Å²) < 4.78 is 30.0. The predicted molar refractivity (Wildman–Crippen MR) is 97.2 cm³/mol. The van der Waals surface area contributed by atoms with E-state index in [0.717, 1.165) is 10.4 Å². The SMILES string of the molecule is Fc1cc2cc(C#Cc3cc4sccc4s3)ccc2c(F)c1Br. The first kappa shape index (κ1) is 14.8. The second-order valence-electron chi connectivity index (χ2n) is 4.93. The largest absolute Gasteiger partial charge is 0.206 e. The summed E-state index contributed by atoms with van der Waals surface area (Å²) in [7, 11) is 0. The molecule has 0 radical (unpaired) electrons. The molecule has 0 nitrogen and oxygen atoms in total. The molecule has 2 aromatic heterocycles. The fraction of sp³-hybridized carbons (Fsp3) is 0. The van der Waals surface area contributed by atoms with E-state index in [-0.39, 0.29) is 4.47 Å². The molecule has 0 aliphatic heterocycles. The molecule has 0 aliphatic rings. The van der Waals surface area contributed by atoms with Crippen LogP contribution in [0.4, 0.5) is 8.78 Å². The van der Waals surface area contributed by atoms with Crippen molar-refractivity contribution in [2.75, 3.05) is 0 Å². The number of hydrogen-bond donors (Lipinski definition) is 0. The Hall–Kier alpha value is -1.74. The summed E-state index contributed by atoms with van der Waals surface area (Å²) in [6, 6.07) is 10.5. The molecule has 2 heterocycles. The fourth-order valence-electron chi connectivity index (χ4n) is 2.34. The van der Waals surface area contributed by atoms with E-state index in [0.29, 0.717) is 10.8 Å². The van der Waals surface area contributed by atoms with Gasteiger partial charge in [-0.3, -0.25) is 0 Å². The molecule has 0 aliphatic carbocycles. The molecule has 0 saturated heterocycles.